The van der Waals surface area contributed by atoms with Gasteiger partial charge in [0.05, 0.1) is 23.0 Å². The van der Waals surface area contributed by atoms with Gasteiger partial charge in [-0.2, -0.15) is 0 Å². The molecule has 3 rings (SSSR count). The Morgan fingerprint density at radius 1 is 1.43 bits per heavy atom. The molecule has 2 heterocycles. The quantitative estimate of drug-likeness (QED) is 0.855. The minimum absolute atomic E-state index is 0.0339. The number of benzene rings is 1. The molecular formula is C15H18ClNO3S. The molecule has 6 heteroatoms. The Bertz CT molecular complexity index is 560. The van der Waals surface area contributed by atoms with Gasteiger partial charge in [-0.3, -0.25) is 4.79 Å². The zero-order chi connectivity index (χ0) is 15.0. The number of rotatable bonds is 3. The highest BCUT2D eigenvalue weighted by molar-refractivity contribution is 8.01. The molecule has 0 unspecified atom stereocenters. The van der Waals surface area contributed by atoms with E-state index >= 15 is 0 Å². The normalized spacial score (nSPS) is 23.2. The van der Waals surface area contributed by atoms with E-state index < -0.39 is 0 Å². The third-order valence-electron chi connectivity index (χ3n) is 4.15. The first kappa shape index (κ1) is 15.0. The number of hydrogen-bond acceptors (Lipinski definition) is 4. The minimum Gasteiger partial charge on any atom is -0.495 e. The van der Waals surface area contributed by atoms with E-state index in [1.54, 1.807) is 32.4 Å². The number of carbonyl (C=O) groups excluding carboxylic acids is 1. The SMILES string of the molecule is COc1ccc(C(=O)N2CC3(C[C@H](OC)CS3)C2)cc1Cl. The maximum Gasteiger partial charge on any atom is 0.254 e. The third-order valence-corrected chi connectivity index (χ3v) is 6.02. The van der Waals surface area contributed by atoms with Crippen LogP contribution in [0.1, 0.15) is 16.8 Å². The number of ether oxygens (including phenoxy) is 2. The fourth-order valence-electron chi connectivity index (χ4n) is 2.95. The van der Waals surface area contributed by atoms with Crippen LogP contribution in [-0.4, -0.2) is 54.7 Å². The highest BCUT2D eigenvalue weighted by Gasteiger charge is 2.50. The average Bonchev–Trinajstić information content (AvgIpc) is 2.89. The van der Waals surface area contributed by atoms with Gasteiger partial charge in [0.15, 0.2) is 0 Å². The number of nitrogens with zero attached hydrogens (tertiary/aromatic N) is 1. The molecule has 1 aromatic carbocycles. The zero-order valence-electron chi connectivity index (χ0n) is 12.1. The van der Waals surface area contributed by atoms with Crippen LogP contribution in [0.3, 0.4) is 0 Å². The van der Waals surface area contributed by atoms with E-state index in [1.807, 2.05) is 16.7 Å². The Labute approximate surface area is 133 Å². The van der Waals surface area contributed by atoms with E-state index in [-0.39, 0.29) is 10.7 Å². The van der Waals surface area contributed by atoms with Crippen LogP contribution in [-0.2, 0) is 4.74 Å². The molecule has 1 aromatic rings. The van der Waals surface area contributed by atoms with Crippen LogP contribution in [0.25, 0.3) is 0 Å². The van der Waals surface area contributed by atoms with Crippen molar-refractivity contribution in [3.05, 3.63) is 28.8 Å². The molecule has 0 aromatic heterocycles. The molecule has 1 amide bonds. The molecule has 0 aliphatic carbocycles. The van der Waals surface area contributed by atoms with E-state index in [0.29, 0.717) is 22.4 Å². The van der Waals surface area contributed by atoms with Gasteiger partial charge in [0.25, 0.3) is 5.91 Å². The first-order chi connectivity index (χ1) is 10.1. The number of hydrogen-bond donors (Lipinski definition) is 0. The van der Waals surface area contributed by atoms with E-state index in [4.69, 9.17) is 21.1 Å². The second-order valence-electron chi connectivity index (χ2n) is 5.57. The second kappa shape index (κ2) is 5.71. The number of halogens is 1. The number of thioether (sulfide) groups is 1. The van der Waals surface area contributed by atoms with Crippen molar-refractivity contribution in [2.24, 2.45) is 0 Å². The van der Waals surface area contributed by atoms with Gasteiger partial charge in [0.2, 0.25) is 0 Å². The maximum absolute atomic E-state index is 12.5. The van der Waals surface area contributed by atoms with Crippen LogP contribution in [0.15, 0.2) is 18.2 Å². The van der Waals surface area contributed by atoms with E-state index in [2.05, 4.69) is 0 Å². The Kier molecular flexibility index (Phi) is 4.08. The monoisotopic (exact) mass is 327 g/mol. The topological polar surface area (TPSA) is 38.8 Å². The lowest BCUT2D eigenvalue weighted by Gasteiger charge is -2.47. The summed E-state index contributed by atoms with van der Waals surface area (Å²) in [5.41, 5.74) is 0.613. The van der Waals surface area contributed by atoms with Gasteiger partial charge in [-0.05, 0) is 24.6 Å². The van der Waals surface area contributed by atoms with Gasteiger partial charge >= 0.3 is 0 Å². The number of carbonyl (C=O) groups is 1. The molecule has 1 spiro atoms. The summed E-state index contributed by atoms with van der Waals surface area (Å²) in [6.45, 7) is 1.58. The van der Waals surface area contributed by atoms with Crippen molar-refractivity contribution in [1.29, 1.82) is 0 Å². The summed E-state index contributed by atoms with van der Waals surface area (Å²) in [7, 11) is 3.32. The molecule has 0 saturated carbocycles. The van der Waals surface area contributed by atoms with Crippen molar-refractivity contribution in [3.8, 4) is 5.75 Å². The summed E-state index contributed by atoms with van der Waals surface area (Å²) >= 11 is 8.01. The van der Waals surface area contributed by atoms with Crippen molar-refractivity contribution < 1.29 is 14.3 Å². The molecule has 114 valence electrons. The molecule has 21 heavy (non-hydrogen) atoms. The molecule has 2 saturated heterocycles. The van der Waals surface area contributed by atoms with E-state index in [1.165, 1.54) is 0 Å². The molecule has 2 aliphatic heterocycles. The van der Waals surface area contributed by atoms with Crippen molar-refractivity contribution >= 4 is 29.3 Å². The fraction of sp³-hybridized carbons (Fsp3) is 0.533. The highest BCUT2D eigenvalue weighted by atomic mass is 35.5. The van der Waals surface area contributed by atoms with Gasteiger partial charge in [0.1, 0.15) is 5.75 Å². The number of likely N-dealkylation sites (tertiary alicyclic amines) is 1. The van der Waals surface area contributed by atoms with Crippen LogP contribution in [0.5, 0.6) is 5.75 Å². The highest BCUT2D eigenvalue weighted by Crippen LogP contribution is 2.46. The summed E-state index contributed by atoms with van der Waals surface area (Å²) in [4.78, 5) is 14.3. The standard InChI is InChI=1S/C15H18ClNO3S/c1-19-11-6-15(21-7-11)8-17(9-15)14(18)10-3-4-13(20-2)12(16)5-10/h3-5,11H,6-9H2,1-2H3/t11-/m0/s1. The number of methoxy groups -OCH3 is 2. The average molecular weight is 328 g/mol. The lowest BCUT2D eigenvalue weighted by molar-refractivity contribution is 0.0452. The second-order valence-corrected chi connectivity index (χ2v) is 7.46. The Hall–Kier alpha value is -0.910. The molecular weight excluding hydrogens is 310 g/mol. The van der Waals surface area contributed by atoms with Gasteiger partial charge in [0, 0.05) is 31.5 Å². The maximum atomic E-state index is 12.5. The predicted molar refractivity (Wildman–Crippen MR) is 84.5 cm³/mol. The fourth-order valence-corrected chi connectivity index (χ4v) is 4.80. The van der Waals surface area contributed by atoms with Crippen LogP contribution < -0.4 is 4.74 Å². The van der Waals surface area contributed by atoms with E-state index in [0.717, 1.165) is 25.3 Å². The zero-order valence-corrected chi connectivity index (χ0v) is 13.7. The third kappa shape index (κ3) is 2.74. The van der Waals surface area contributed by atoms with Crippen LogP contribution in [0.4, 0.5) is 0 Å². The Morgan fingerprint density at radius 3 is 2.76 bits per heavy atom. The Morgan fingerprint density at radius 2 is 2.19 bits per heavy atom. The van der Waals surface area contributed by atoms with Crippen LogP contribution in [0.2, 0.25) is 5.02 Å². The van der Waals surface area contributed by atoms with Gasteiger partial charge in [-0.25, -0.2) is 0 Å². The Balaban J connectivity index is 1.64. The van der Waals surface area contributed by atoms with Crippen LogP contribution >= 0.6 is 23.4 Å². The van der Waals surface area contributed by atoms with Crippen molar-refractivity contribution in [2.45, 2.75) is 17.3 Å². The minimum atomic E-state index is 0.0339. The van der Waals surface area contributed by atoms with Gasteiger partial charge in [-0.1, -0.05) is 11.6 Å². The summed E-state index contributed by atoms with van der Waals surface area (Å²) in [5.74, 6) is 1.64. The molecule has 4 nitrogen and oxygen atoms in total. The molecule has 2 aliphatic rings. The summed E-state index contributed by atoms with van der Waals surface area (Å²) < 4.78 is 10.7. The van der Waals surface area contributed by atoms with Crippen molar-refractivity contribution in [3.63, 3.8) is 0 Å². The van der Waals surface area contributed by atoms with Crippen molar-refractivity contribution in [2.75, 3.05) is 33.1 Å². The summed E-state index contributed by atoms with van der Waals surface area (Å²) in [6.07, 6.45) is 1.35. The van der Waals surface area contributed by atoms with E-state index in [9.17, 15) is 4.79 Å². The van der Waals surface area contributed by atoms with Gasteiger partial charge in [-0.15, -0.1) is 11.8 Å². The predicted octanol–water partition coefficient (Wildman–Crippen LogP) is 2.70. The molecule has 0 radical (unpaired) electrons. The smallest absolute Gasteiger partial charge is 0.254 e. The molecule has 0 N–H and O–H groups in total. The first-order valence-electron chi connectivity index (χ1n) is 6.86. The van der Waals surface area contributed by atoms with Crippen LogP contribution in [0, 0.1) is 0 Å². The molecule has 0 bridgehead atoms. The molecule has 1 atom stereocenters. The van der Waals surface area contributed by atoms with Crippen molar-refractivity contribution in [1.82, 2.24) is 4.90 Å². The lowest BCUT2D eigenvalue weighted by atomic mass is 9.92. The summed E-state index contributed by atoms with van der Waals surface area (Å²) in [5, 5.41) is 0.466. The molecule has 2 fully saturated rings. The van der Waals surface area contributed by atoms with Gasteiger partial charge < -0.3 is 14.4 Å². The summed E-state index contributed by atoms with van der Waals surface area (Å²) in [6, 6.07) is 5.17. The lowest BCUT2D eigenvalue weighted by Crippen LogP contribution is -2.60. The largest absolute Gasteiger partial charge is 0.495 e. The number of amides is 1. The first-order valence-corrected chi connectivity index (χ1v) is 8.23.